The lowest BCUT2D eigenvalue weighted by Crippen LogP contribution is -2.65. The van der Waals surface area contributed by atoms with Gasteiger partial charge < -0.3 is 28.8 Å². The molecule has 2 aliphatic carbocycles. The van der Waals surface area contributed by atoms with Crippen molar-refractivity contribution in [2.24, 2.45) is 17.3 Å². The lowest BCUT2D eigenvalue weighted by molar-refractivity contribution is -0.230. The van der Waals surface area contributed by atoms with Gasteiger partial charge in [0.2, 0.25) is 0 Å². The number of hydrogen-bond donors (Lipinski definition) is 1. The first-order valence-corrected chi connectivity index (χ1v) is 13.0. The van der Waals surface area contributed by atoms with Crippen LogP contribution in [0.25, 0.3) is 0 Å². The number of hydrogen-bond acceptors (Lipinski definition) is 10. The summed E-state index contributed by atoms with van der Waals surface area (Å²) in [6.45, 7) is 11.4. The van der Waals surface area contributed by atoms with E-state index in [0.717, 1.165) is 5.57 Å². The first-order chi connectivity index (χ1) is 17.2. The van der Waals surface area contributed by atoms with Crippen LogP contribution in [0.4, 0.5) is 0 Å². The molecule has 4 aliphatic rings. The minimum Gasteiger partial charge on any atom is -0.462 e. The average molecular weight is 523 g/mol. The van der Waals surface area contributed by atoms with Crippen LogP contribution in [0, 0.1) is 17.3 Å². The van der Waals surface area contributed by atoms with Crippen LogP contribution in [0.1, 0.15) is 74.1 Å². The molecular weight excluding hydrogens is 484 g/mol. The lowest BCUT2D eigenvalue weighted by atomic mass is 9.53. The molecule has 0 aromatic rings. The number of epoxide rings is 1. The van der Waals surface area contributed by atoms with Gasteiger partial charge in [-0.3, -0.25) is 14.4 Å². The van der Waals surface area contributed by atoms with Gasteiger partial charge in [0.25, 0.3) is 0 Å². The van der Waals surface area contributed by atoms with Crippen LogP contribution in [-0.2, 0) is 42.9 Å². The predicted octanol–water partition coefficient (Wildman–Crippen LogP) is 2.39. The van der Waals surface area contributed by atoms with Crippen molar-refractivity contribution in [3.63, 3.8) is 0 Å². The number of rotatable bonds is 4. The Hall–Kier alpha value is -2.46. The molecule has 0 radical (unpaired) electrons. The van der Waals surface area contributed by atoms with Gasteiger partial charge in [-0.15, -0.1) is 0 Å². The van der Waals surface area contributed by atoms with E-state index in [0.29, 0.717) is 12.8 Å². The summed E-state index contributed by atoms with van der Waals surface area (Å²) >= 11 is 0. The van der Waals surface area contributed by atoms with Crippen LogP contribution < -0.4 is 0 Å². The molecule has 10 atom stereocenters. The van der Waals surface area contributed by atoms with E-state index in [1.54, 1.807) is 19.9 Å². The summed E-state index contributed by atoms with van der Waals surface area (Å²) in [5.74, 6) is -3.28. The third kappa shape index (κ3) is 4.16. The van der Waals surface area contributed by atoms with Gasteiger partial charge in [-0.05, 0) is 38.7 Å². The molecule has 0 bridgehead atoms. The Labute approximate surface area is 217 Å². The van der Waals surface area contributed by atoms with Gasteiger partial charge in [0.1, 0.15) is 18.3 Å². The summed E-state index contributed by atoms with van der Waals surface area (Å²) in [4.78, 5) is 49.7. The Balaban J connectivity index is 1.91. The topological polar surface area (TPSA) is 138 Å². The van der Waals surface area contributed by atoms with E-state index in [1.807, 2.05) is 20.8 Å². The fourth-order valence-corrected chi connectivity index (χ4v) is 7.02. The largest absolute Gasteiger partial charge is 0.462 e. The minimum atomic E-state index is -1.39. The quantitative estimate of drug-likeness (QED) is 0.253. The summed E-state index contributed by atoms with van der Waals surface area (Å²) in [5.41, 5.74) is -2.98. The van der Waals surface area contributed by atoms with Crippen molar-refractivity contribution < 1.29 is 48.0 Å². The Bertz CT molecular complexity index is 1020. The fraction of sp³-hybridized carbons (Fsp3) is 0.778. The van der Waals surface area contributed by atoms with Crippen molar-refractivity contribution in [3.8, 4) is 0 Å². The van der Waals surface area contributed by atoms with Crippen molar-refractivity contribution in [1.29, 1.82) is 0 Å². The summed E-state index contributed by atoms with van der Waals surface area (Å²) in [6, 6.07) is 0. The molecule has 3 fully saturated rings. The molecule has 1 N–H and O–H groups in total. The van der Waals surface area contributed by atoms with Crippen molar-refractivity contribution in [3.05, 3.63) is 11.6 Å². The molecule has 2 heterocycles. The highest BCUT2D eigenvalue weighted by Gasteiger charge is 2.86. The zero-order valence-electron chi connectivity index (χ0n) is 22.6. The molecule has 4 rings (SSSR count). The van der Waals surface area contributed by atoms with E-state index < -0.39 is 82.8 Å². The molecule has 2 saturated heterocycles. The maximum Gasteiger partial charge on any atom is 0.342 e. The zero-order valence-corrected chi connectivity index (χ0v) is 22.6. The number of carbonyl (C=O) groups excluding carboxylic acids is 4. The summed E-state index contributed by atoms with van der Waals surface area (Å²) in [5, 5.41) is 12.2. The van der Waals surface area contributed by atoms with Crippen LogP contribution in [0.5, 0.6) is 0 Å². The predicted molar refractivity (Wildman–Crippen MR) is 128 cm³/mol. The van der Waals surface area contributed by atoms with Gasteiger partial charge in [-0.2, -0.15) is 0 Å². The molecule has 0 amide bonds. The number of fused-ring (bicyclic) bond motifs is 1. The highest BCUT2D eigenvalue weighted by molar-refractivity contribution is 5.88. The van der Waals surface area contributed by atoms with Gasteiger partial charge >= 0.3 is 23.9 Å². The van der Waals surface area contributed by atoms with Gasteiger partial charge in [-0.1, -0.05) is 26.3 Å². The van der Waals surface area contributed by atoms with Crippen LogP contribution in [0.15, 0.2) is 11.6 Å². The lowest BCUT2D eigenvalue weighted by Gasteiger charge is -2.56. The standard InChI is InChI=1S/C27H38O10/c1-8-21(30)35-17-12-19(34-16(5)29)25(6)18(33-15(4)28)10-9-13(2)11-20-27(23(31)22(25)14(17)3)26(7,37-27)24(32)36-20/h11,14,17-20,22-23,31H,8-10,12H2,1-7H3/b13-11-/t14-,17-,18+,19-,20-,22+,23+,25-,26-,27-/m0/s1. The van der Waals surface area contributed by atoms with Crippen LogP contribution >= 0.6 is 0 Å². The van der Waals surface area contributed by atoms with E-state index in [4.69, 9.17) is 23.7 Å². The van der Waals surface area contributed by atoms with Gasteiger partial charge in [0, 0.05) is 38.0 Å². The minimum absolute atomic E-state index is 0.154. The number of aliphatic hydroxyl groups excluding tert-OH is 1. The Morgan fingerprint density at radius 3 is 2.30 bits per heavy atom. The average Bonchev–Trinajstić information content (AvgIpc) is 3.40. The number of ether oxygens (including phenoxy) is 5. The summed E-state index contributed by atoms with van der Waals surface area (Å²) in [6.07, 6.45) is -1.43. The van der Waals surface area contributed by atoms with Gasteiger partial charge in [0.15, 0.2) is 17.3 Å². The first-order valence-electron chi connectivity index (χ1n) is 13.0. The van der Waals surface area contributed by atoms with Crippen LogP contribution in [0.2, 0.25) is 0 Å². The van der Waals surface area contributed by atoms with E-state index in [9.17, 15) is 24.3 Å². The summed E-state index contributed by atoms with van der Waals surface area (Å²) in [7, 11) is 0. The molecule has 206 valence electrons. The number of carbonyl (C=O) groups is 4. The molecule has 37 heavy (non-hydrogen) atoms. The number of aliphatic hydroxyl groups is 1. The van der Waals surface area contributed by atoms with Crippen molar-refractivity contribution >= 4 is 23.9 Å². The normalized spacial score (nSPS) is 46.1. The Morgan fingerprint density at radius 2 is 1.73 bits per heavy atom. The molecule has 0 aromatic carbocycles. The van der Waals surface area contributed by atoms with Crippen molar-refractivity contribution in [2.75, 3.05) is 0 Å². The maximum atomic E-state index is 12.8. The van der Waals surface area contributed by atoms with Crippen LogP contribution in [-0.4, -0.2) is 70.7 Å². The molecular formula is C27H38O10. The van der Waals surface area contributed by atoms with E-state index in [1.165, 1.54) is 13.8 Å². The zero-order chi connectivity index (χ0) is 27.5. The van der Waals surface area contributed by atoms with E-state index >= 15 is 0 Å². The first kappa shape index (κ1) is 27.6. The fourth-order valence-electron chi connectivity index (χ4n) is 7.02. The monoisotopic (exact) mass is 522 g/mol. The molecule has 0 unspecified atom stereocenters. The van der Waals surface area contributed by atoms with E-state index in [2.05, 4.69) is 0 Å². The second-order valence-electron chi connectivity index (χ2n) is 11.3. The molecule has 2 aliphatic heterocycles. The van der Waals surface area contributed by atoms with Gasteiger partial charge in [0.05, 0.1) is 6.10 Å². The summed E-state index contributed by atoms with van der Waals surface area (Å²) < 4.78 is 29.2. The van der Waals surface area contributed by atoms with Gasteiger partial charge in [-0.25, -0.2) is 4.79 Å². The van der Waals surface area contributed by atoms with Crippen LogP contribution in [0.3, 0.4) is 0 Å². The SMILES string of the molecule is CCC(=O)O[C@H]1C[C@H](OC(C)=O)[C@@]2(C)[C@H]([C@H]1C)[C@@H](O)[C@]13O[C@@]1(C)C(=O)O[C@H]3/C=C(/C)CC[C@H]2OC(C)=O. The highest BCUT2D eigenvalue weighted by atomic mass is 16.7. The molecule has 1 saturated carbocycles. The maximum absolute atomic E-state index is 12.8. The second-order valence-corrected chi connectivity index (χ2v) is 11.3. The Kier molecular flexibility index (Phi) is 6.99. The smallest absolute Gasteiger partial charge is 0.342 e. The van der Waals surface area contributed by atoms with Crippen molar-refractivity contribution in [2.45, 2.75) is 116 Å². The van der Waals surface area contributed by atoms with E-state index in [-0.39, 0.29) is 12.8 Å². The molecule has 1 spiro atoms. The highest BCUT2D eigenvalue weighted by Crippen LogP contribution is 2.65. The molecule has 0 aromatic heterocycles. The molecule has 10 nitrogen and oxygen atoms in total. The molecule has 10 heteroatoms. The third-order valence-electron chi connectivity index (χ3n) is 9.03. The third-order valence-corrected chi connectivity index (χ3v) is 9.03. The van der Waals surface area contributed by atoms with Crippen molar-refractivity contribution in [1.82, 2.24) is 0 Å². The Morgan fingerprint density at radius 1 is 1.11 bits per heavy atom. The number of allylic oxidation sites excluding steroid dienone is 1. The second kappa shape index (κ2) is 9.38. The number of esters is 4.